The number of nitrogens with one attached hydrogen (secondary N) is 2. The summed E-state index contributed by atoms with van der Waals surface area (Å²) in [6.07, 6.45) is 1.65. The number of hydrogen-bond donors (Lipinski definition) is 2. The fraction of sp³-hybridized carbons (Fsp3) is 0.158. The second kappa shape index (κ2) is 7.40. The molecular formula is C19H20N2O2. The Morgan fingerprint density at radius 3 is 2.30 bits per heavy atom. The van der Waals surface area contributed by atoms with E-state index in [4.69, 9.17) is 0 Å². The first-order valence-electron chi connectivity index (χ1n) is 7.38. The van der Waals surface area contributed by atoms with E-state index in [1.807, 2.05) is 62.4 Å². The summed E-state index contributed by atoms with van der Waals surface area (Å²) in [5.41, 5.74) is 3.88. The van der Waals surface area contributed by atoms with Gasteiger partial charge in [-0.2, -0.15) is 0 Å². The summed E-state index contributed by atoms with van der Waals surface area (Å²) < 4.78 is 0. The Morgan fingerprint density at radius 1 is 1.00 bits per heavy atom. The van der Waals surface area contributed by atoms with E-state index >= 15 is 0 Å². The molecule has 2 amide bonds. The number of anilines is 1. The second-order valence-electron chi connectivity index (χ2n) is 5.42. The molecule has 23 heavy (non-hydrogen) atoms. The molecular weight excluding hydrogens is 288 g/mol. The molecule has 0 unspecified atom stereocenters. The van der Waals surface area contributed by atoms with Gasteiger partial charge in [0.15, 0.2) is 0 Å². The maximum Gasteiger partial charge on any atom is 0.272 e. The van der Waals surface area contributed by atoms with Crippen LogP contribution in [-0.4, -0.2) is 11.8 Å². The van der Waals surface area contributed by atoms with Crippen LogP contribution in [0.1, 0.15) is 23.6 Å². The highest BCUT2D eigenvalue weighted by atomic mass is 16.2. The minimum Gasteiger partial charge on any atom is -0.322 e. The number of rotatable bonds is 4. The van der Waals surface area contributed by atoms with Gasteiger partial charge in [0.05, 0.1) is 0 Å². The number of carbonyl (C=O) groups is 2. The molecule has 2 N–H and O–H groups in total. The van der Waals surface area contributed by atoms with Crippen molar-refractivity contribution in [3.63, 3.8) is 0 Å². The van der Waals surface area contributed by atoms with Crippen molar-refractivity contribution in [2.24, 2.45) is 0 Å². The lowest BCUT2D eigenvalue weighted by molar-refractivity contribution is -0.120. The first-order valence-corrected chi connectivity index (χ1v) is 7.38. The van der Waals surface area contributed by atoms with Gasteiger partial charge in [-0.15, -0.1) is 0 Å². The maximum atomic E-state index is 12.5. The number of amides is 2. The van der Waals surface area contributed by atoms with Crippen LogP contribution in [0.4, 0.5) is 5.69 Å². The van der Waals surface area contributed by atoms with Crippen LogP contribution in [-0.2, 0) is 9.59 Å². The van der Waals surface area contributed by atoms with Crippen molar-refractivity contribution in [2.75, 3.05) is 5.32 Å². The molecule has 4 nitrogen and oxygen atoms in total. The normalized spacial score (nSPS) is 11.0. The van der Waals surface area contributed by atoms with Crippen LogP contribution in [0.15, 0.2) is 54.2 Å². The lowest BCUT2D eigenvalue weighted by atomic mass is 10.1. The highest BCUT2D eigenvalue weighted by Crippen LogP contribution is 2.17. The maximum absolute atomic E-state index is 12.5. The molecule has 2 aromatic carbocycles. The molecule has 0 saturated carbocycles. The largest absolute Gasteiger partial charge is 0.322 e. The predicted molar refractivity (Wildman–Crippen MR) is 92.8 cm³/mol. The molecule has 0 radical (unpaired) electrons. The van der Waals surface area contributed by atoms with Crippen LogP contribution in [0.25, 0.3) is 6.08 Å². The average molecular weight is 308 g/mol. The lowest BCUT2D eigenvalue weighted by Crippen LogP contribution is -2.29. The van der Waals surface area contributed by atoms with E-state index in [9.17, 15) is 9.59 Å². The van der Waals surface area contributed by atoms with Gasteiger partial charge in [0.1, 0.15) is 5.70 Å². The van der Waals surface area contributed by atoms with Gasteiger partial charge >= 0.3 is 0 Å². The molecule has 0 bridgehead atoms. The molecule has 2 rings (SSSR count). The zero-order valence-corrected chi connectivity index (χ0v) is 13.5. The average Bonchev–Trinajstić information content (AvgIpc) is 2.50. The number of hydrogen-bond acceptors (Lipinski definition) is 2. The zero-order valence-electron chi connectivity index (χ0n) is 13.5. The first-order chi connectivity index (χ1) is 11.0. The molecule has 0 fully saturated rings. The van der Waals surface area contributed by atoms with Gasteiger partial charge < -0.3 is 10.6 Å². The Labute approximate surface area is 136 Å². The van der Waals surface area contributed by atoms with E-state index in [1.54, 1.807) is 6.08 Å². The molecule has 0 aliphatic rings. The molecule has 0 aliphatic heterocycles. The van der Waals surface area contributed by atoms with Crippen molar-refractivity contribution in [2.45, 2.75) is 20.8 Å². The Morgan fingerprint density at radius 2 is 1.70 bits per heavy atom. The summed E-state index contributed by atoms with van der Waals surface area (Å²) in [6.45, 7) is 5.31. The third-order valence-electron chi connectivity index (χ3n) is 3.30. The Balaban J connectivity index is 2.26. The minimum atomic E-state index is -0.351. The van der Waals surface area contributed by atoms with Crippen molar-refractivity contribution in [1.29, 1.82) is 0 Å². The highest BCUT2D eigenvalue weighted by Gasteiger charge is 2.12. The molecule has 0 atom stereocenters. The third-order valence-corrected chi connectivity index (χ3v) is 3.30. The SMILES string of the molecule is CC(=O)NC(=Cc1ccccc1)C(=O)Nc1ccc(C)cc1C. The predicted octanol–water partition coefficient (Wildman–Crippen LogP) is 3.42. The third kappa shape index (κ3) is 4.81. The molecule has 0 aromatic heterocycles. The van der Waals surface area contributed by atoms with Crippen LogP contribution >= 0.6 is 0 Å². The van der Waals surface area contributed by atoms with Crippen molar-refractivity contribution >= 4 is 23.6 Å². The molecule has 2 aromatic rings. The van der Waals surface area contributed by atoms with Gasteiger partial charge in [0.25, 0.3) is 5.91 Å². The highest BCUT2D eigenvalue weighted by molar-refractivity contribution is 6.08. The van der Waals surface area contributed by atoms with Gasteiger partial charge in [-0.3, -0.25) is 9.59 Å². The van der Waals surface area contributed by atoms with Crippen molar-refractivity contribution in [3.05, 3.63) is 70.9 Å². The molecule has 0 heterocycles. The number of carbonyl (C=O) groups excluding carboxylic acids is 2. The number of benzene rings is 2. The van der Waals surface area contributed by atoms with Crippen molar-refractivity contribution < 1.29 is 9.59 Å². The van der Waals surface area contributed by atoms with E-state index in [0.717, 1.165) is 22.4 Å². The van der Waals surface area contributed by atoms with E-state index in [-0.39, 0.29) is 17.5 Å². The molecule has 0 spiro atoms. The number of aryl methyl sites for hydroxylation is 2. The quantitative estimate of drug-likeness (QED) is 0.850. The Kier molecular flexibility index (Phi) is 5.31. The van der Waals surface area contributed by atoms with Gasteiger partial charge in [0, 0.05) is 12.6 Å². The summed E-state index contributed by atoms with van der Waals surface area (Å²) in [5.74, 6) is -0.640. The Hall–Kier alpha value is -2.88. The van der Waals surface area contributed by atoms with Crippen molar-refractivity contribution in [1.82, 2.24) is 5.32 Å². The van der Waals surface area contributed by atoms with Crippen LogP contribution < -0.4 is 10.6 Å². The fourth-order valence-electron chi connectivity index (χ4n) is 2.21. The summed E-state index contributed by atoms with van der Waals surface area (Å²) in [5, 5.41) is 5.43. The van der Waals surface area contributed by atoms with E-state index in [2.05, 4.69) is 10.6 Å². The first kappa shape index (κ1) is 16.5. The van der Waals surface area contributed by atoms with E-state index in [0.29, 0.717) is 0 Å². The smallest absolute Gasteiger partial charge is 0.272 e. The van der Waals surface area contributed by atoms with Crippen LogP contribution in [0.5, 0.6) is 0 Å². The molecule has 0 aliphatic carbocycles. The van der Waals surface area contributed by atoms with E-state index in [1.165, 1.54) is 6.92 Å². The fourth-order valence-corrected chi connectivity index (χ4v) is 2.21. The van der Waals surface area contributed by atoms with Gasteiger partial charge in [-0.05, 0) is 37.1 Å². The van der Waals surface area contributed by atoms with E-state index < -0.39 is 0 Å². The van der Waals surface area contributed by atoms with Crippen molar-refractivity contribution in [3.8, 4) is 0 Å². The summed E-state index contributed by atoms with van der Waals surface area (Å²) >= 11 is 0. The molecule has 0 saturated heterocycles. The summed E-state index contributed by atoms with van der Waals surface area (Å²) in [7, 11) is 0. The summed E-state index contributed by atoms with van der Waals surface area (Å²) in [4.78, 5) is 23.9. The second-order valence-corrected chi connectivity index (χ2v) is 5.42. The van der Waals surface area contributed by atoms with Gasteiger partial charge in [-0.1, -0.05) is 48.0 Å². The van der Waals surface area contributed by atoms with Gasteiger partial charge in [-0.25, -0.2) is 0 Å². The van der Waals surface area contributed by atoms with Gasteiger partial charge in [0.2, 0.25) is 5.91 Å². The van der Waals surface area contributed by atoms with Crippen LogP contribution in [0.3, 0.4) is 0 Å². The van der Waals surface area contributed by atoms with Crippen LogP contribution in [0.2, 0.25) is 0 Å². The van der Waals surface area contributed by atoms with Crippen LogP contribution in [0, 0.1) is 13.8 Å². The Bertz CT molecular complexity index is 749. The summed E-state index contributed by atoms with van der Waals surface area (Å²) in [6, 6.07) is 15.2. The topological polar surface area (TPSA) is 58.2 Å². The zero-order chi connectivity index (χ0) is 16.8. The standard InChI is InChI=1S/C19H20N2O2/c1-13-9-10-17(14(2)11-13)21-19(23)18(20-15(3)22)12-16-7-5-4-6-8-16/h4-12H,1-3H3,(H,20,22)(H,21,23). The molecule has 4 heteroatoms. The molecule has 118 valence electrons. The minimum absolute atomic E-state index is 0.212. The lowest BCUT2D eigenvalue weighted by Gasteiger charge is -2.12. The monoisotopic (exact) mass is 308 g/mol.